The molecule has 0 aliphatic rings. The fourth-order valence-electron chi connectivity index (χ4n) is 0.899. The smallest absolute Gasteiger partial charge is 0.241 e. The normalized spacial score (nSPS) is 14.0. The Morgan fingerprint density at radius 2 is 2.00 bits per heavy atom. The molecule has 1 aromatic heterocycles. The maximum Gasteiger partial charge on any atom is 0.241 e. The molecule has 1 aromatic rings. The summed E-state index contributed by atoms with van der Waals surface area (Å²) < 4.78 is 2.19. The van der Waals surface area contributed by atoms with Crippen molar-refractivity contribution in [1.29, 1.82) is 0 Å². The summed E-state index contributed by atoms with van der Waals surface area (Å²) in [4.78, 5) is 3.03. The molecule has 0 aliphatic carbocycles. The third-order valence-electron chi connectivity index (χ3n) is 2.00. The molecule has 0 fully saturated rings. The molecule has 10 heavy (non-hydrogen) atoms. The Morgan fingerprint density at radius 3 is 2.40 bits per heavy atom. The Hall–Kier alpha value is -0.790. The number of nitrogens with zero attached hydrogens (tertiary/aromatic N) is 1. The molecule has 1 atom stereocenters. The predicted molar refractivity (Wildman–Crippen MR) is 40.5 cm³/mol. The monoisotopic (exact) mass is 139 g/mol. The zero-order chi connectivity index (χ0) is 7.56. The first-order chi connectivity index (χ1) is 4.72. The van der Waals surface area contributed by atoms with E-state index in [4.69, 9.17) is 0 Å². The van der Waals surface area contributed by atoms with Gasteiger partial charge in [-0.3, -0.25) is 4.98 Å². The lowest BCUT2D eigenvalue weighted by Crippen LogP contribution is -2.38. The molecule has 1 N–H and O–H groups in total. The summed E-state index contributed by atoms with van der Waals surface area (Å²) >= 11 is 0. The highest BCUT2D eigenvalue weighted by Crippen LogP contribution is 2.07. The first-order valence-corrected chi connectivity index (χ1v) is 3.75. The molecule has 0 saturated heterocycles. The molecule has 0 bridgehead atoms. The topological polar surface area (TPSA) is 19.7 Å². The lowest BCUT2D eigenvalue weighted by Gasteiger charge is -2.10. The minimum Gasteiger partial charge on any atom is -0.250 e. The predicted octanol–water partition coefficient (Wildman–Crippen LogP) is 1.52. The van der Waals surface area contributed by atoms with E-state index in [1.165, 1.54) is 0 Å². The van der Waals surface area contributed by atoms with Crippen molar-refractivity contribution in [3.8, 4) is 0 Å². The van der Waals surface area contributed by atoms with Gasteiger partial charge in [-0.15, -0.1) is 0 Å². The summed E-state index contributed by atoms with van der Waals surface area (Å²) in [5.74, 6) is 0.695. The third kappa shape index (κ3) is 1.38. The number of nitrogens with one attached hydrogen (secondary N) is 1. The first-order valence-electron chi connectivity index (χ1n) is 3.75. The maximum atomic E-state index is 3.03. The number of rotatable bonds is 2. The van der Waals surface area contributed by atoms with Crippen LogP contribution in [0.3, 0.4) is 0 Å². The van der Waals surface area contributed by atoms with E-state index < -0.39 is 0 Å². The fourth-order valence-corrected chi connectivity index (χ4v) is 0.899. The summed E-state index contributed by atoms with van der Waals surface area (Å²) in [7, 11) is 0. The Morgan fingerprint density at radius 1 is 1.30 bits per heavy atom. The van der Waals surface area contributed by atoms with E-state index in [2.05, 4.69) is 36.5 Å². The molecule has 1 rings (SSSR count). The Labute approximate surface area is 61.9 Å². The molecule has 2 heteroatoms. The summed E-state index contributed by atoms with van der Waals surface area (Å²) in [5.41, 5.74) is 0. The summed E-state index contributed by atoms with van der Waals surface area (Å²) in [6.45, 7) is 6.67. The number of aromatic amines is 1. The van der Waals surface area contributed by atoms with E-state index in [1.807, 2.05) is 12.5 Å². The van der Waals surface area contributed by atoms with Gasteiger partial charge in [-0.1, -0.05) is 13.8 Å². The summed E-state index contributed by atoms with van der Waals surface area (Å²) in [6.07, 6.45) is 5.99. The molecular weight excluding hydrogens is 124 g/mol. The van der Waals surface area contributed by atoms with E-state index in [0.29, 0.717) is 12.0 Å². The van der Waals surface area contributed by atoms with Crippen molar-refractivity contribution in [2.75, 3.05) is 0 Å². The lowest BCUT2D eigenvalue weighted by atomic mass is 10.1. The highest BCUT2D eigenvalue weighted by molar-refractivity contribution is 4.59. The van der Waals surface area contributed by atoms with Gasteiger partial charge in [0.2, 0.25) is 6.33 Å². The minimum atomic E-state index is 0.589. The molecule has 56 valence electrons. The molecule has 1 heterocycles. The van der Waals surface area contributed by atoms with Gasteiger partial charge in [0.25, 0.3) is 0 Å². The van der Waals surface area contributed by atoms with Crippen LogP contribution in [0.2, 0.25) is 0 Å². The van der Waals surface area contributed by atoms with E-state index >= 15 is 0 Å². The summed E-state index contributed by atoms with van der Waals surface area (Å²) in [5, 5.41) is 0. The Kier molecular flexibility index (Phi) is 2.10. The van der Waals surface area contributed by atoms with Crippen LogP contribution in [0.5, 0.6) is 0 Å². The Balaban J connectivity index is 2.68. The molecule has 0 saturated carbocycles. The van der Waals surface area contributed by atoms with Crippen molar-refractivity contribution in [2.45, 2.75) is 26.8 Å². The second-order valence-corrected chi connectivity index (χ2v) is 3.04. The summed E-state index contributed by atoms with van der Waals surface area (Å²) in [6, 6.07) is 0.589. The van der Waals surface area contributed by atoms with E-state index in [1.54, 1.807) is 0 Å². The molecule has 0 radical (unpaired) electrons. The SMILES string of the molecule is CC(C)C(C)[n+]1cc[nH]c1. The van der Waals surface area contributed by atoms with Crippen LogP contribution in [-0.4, -0.2) is 4.98 Å². The second-order valence-electron chi connectivity index (χ2n) is 3.04. The average molecular weight is 139 g/mol. The van der Waals surface area contributed by atoms with Gasteiger partial charge in [-0.2, -0.15) is 0 Å². The quantitative estimate of drug-likeness (QED) is 0.599. The van der Waals surface area contributed by atoms with E-state index in [0.717, 1.165) is 0 Å². The zero-order valence-electron chi connectivity index (χ0n) is 6.83. The van der Waals surface area contributed by atoms with Gasteiger partial charge in [0.1, 0.15) is 12.4 Å². The standard InChI is InChI=1S/C8H14N2/c1-7(2)8(3)10-5-4-9-6-10/h4-8H,1-3H3/p+1. The van der Waals surface area contributed by atoms with Gasteiger partial charge in [0, 0.05) is 0 Å². The van der Waals surface area contributed by atoms with E-state index in [-0.39, 0.29) is 0 Å². The van der Waals surface area contributed by atoms with Gasteiger partial charge >= 0.3 is 0 Å². The molecule has 0 amide bonds. The number of hydrogen-bond donors (Lipinski definition) is 1. The van der Waals surface area contributed by atoms with Gasteiger partial charge in [0.15, 0.2) is 0 Å². The maximum absolute atomic E-state index is 3.03. The molecule has 2 nitrogen and oxygen atoms in total. The van der Waals surface area contributed by atoms with Crippen LogP contribution in [0.15, 0.2) is 18.7 Å². The van der Waals surface area contributed by atoms with Crippen LogP contribution >= 0.6 is 0 Å². The van der Waals surface area contributed by atoms with Crippen molar-refractivity contribution in [2.24, 2.45) is 5.92 Å². The van der Waals surface area contributed by atoms with Crippen molar-refractivity contribution in [3.63, 3.8) is 0 Å². The zero-order valence-corrected chi connectivity index (χ0v) is 6.83. The van der Waals surface area contributed by atoms with Crippen molar-refractivity contribution in [3.05, 3.63) is 18.7 Å². The number of aromatic nitrogens is 2. The molecule has 1 unspecified atom stereocenters. The highest BCUT2D eigenvalue weighted by Gasteiger charge is 2.12. The number of hydrogen-bond acceptors (Lipinski definition) is 0. The van der Waals surface area contributed by atoms with Gasteiger partial charge in [-0.05, 0) is 12.8 Å². The third-order valence-corrected chi connectivity index (χ3v) is 2.00. The number of imidazole rings is 1. The van der Waals surface area contributed by atoms with E-state index in [9.17, 15) is 0 Å². The van der Waals surface area contributed by atoms with Crippen LogP contribution in [0, 0.1) is 5.92 Å². The molecule has 0 spiro atoms. The largest absolute Gasteiger partial charge is 0.250 e. The van der Waals surface area contributed by atoms with Crippen LogP contribution in [0.25, 0.3) is 0 Å². The van der Waals surface area contributed by atoms with Crippen molar-refractivity contribution >= 4 is 0 Å². The van der Waals surface area contributed by atoms with Crippen LogP contribution < -0.4 is 4.57 Å². The van der Waals surface area contributed by atoms with Crippen molar-refractivity contribution in [1.82, 2.24) is 4.98 Å². The highest BCUT2D eigenvalue weighted by atomic mass is 15.0. The van der Waals surface area contributed by atoms with Crippen molar-refractivity contribution < 1.29 is 4.57 Å². The number of H-pyrrole nitrogens is 1. The van der Waals surface area contributed by atoms with Crippen LogP contribution in [-0.2, 0) is 0 Å². The van der Waals surface area contributed by atoms with Crippen LogP contribution in [0.1, 0.15) is 26.8 Å². The van der Waals surface area contributed by atoms with Gasteiger partial charge in [-0.25, -0.2) is 4.57 Å². The fraction of sp³-hybridized carbons (Fsp3) is 0.625. The first kappa shape index (κ1) is 7.32. The van der Waals surface area contributed by atoms with Gasteiger partial charge in [0.05, 0.1) is 6.04 Å². The van der Waals surface area contributed by atoms with Crippen LogP contribution in [0.4, 0.5) is 0 Å². The molecule has 0 aromatic carbocycles. The second kappa shape index (κ2) is 2.86. The molecular formula is C8H15N2+. The van der Waals surface area contributed by atoms with Gasteiger partial charge < -0.3 is 0 Å². The average Bonchev–Trinajstić information content (AvgIpc) is 2.36. The minimum absolute atomic E-state index is 0.589. The molecule has 0 aliphatic heterocycles. The lowest BCUT2D eigenvalue weighted by molar-refractivity contribution is -0.724. The Bertz CT molecular complexity index is 177.